The zero-order valence-corrected chi connectivity index (χ0v) is 12.6. The van der Waals surface area contributed by atoms with Gasteiger partial charge in [-0.1, -0.05) is 19.0 Å². The third-order valence-corrected chi connectivity index (χ3v) is 3.98. The molecule has 0 spiro atoms. The van der Waals surface area contributed by atoms with E-state index in [0.29, 0.717) is 29.6 Å². The van der Waals surface area contributed by atoms with Crippen molar-refractivity contribution < 1.29 is 14.3 Å². The Hall–Kier alpha value is -1.62. The van der Waals surface area contributed by atoms with Gasteiger partial charge < -0.3 is 15.7 Å². The summed E-state index contributed by atoms with van der Waals surface area (Å²) < 4.78 is 19.5. The van der Waals surface area contributed by atoms with E-state index in [4.69, 9.17) is 15.7 Å². The van der Waals surface area contributed by atoms with Gasteiger partial charge in [0.05, 0.1) is 12.7 Å². The lowest BCUT2D eigenvalue weighted by atomic mass is 9.82. The smallest absolute Gasteiger partial charge is 0.170 e. The number of rotatable bonds is 4. The van der Waals surface area contributed by atoms with Gasteiger partial charge in [0.15, 0.2) is 5.84 Å². The third kappa shape index (κ3) is 4.43. The van der Waals surface area contributed by atoms with Crippen molar-refractivity contribution >= 4 is 5.84 Å². The molecule has 2 atom stereocenters. The van der Waals surface area contributed by atoms with Crippen LogP contribution >= 0.6 is 0 Å². The molecule has 3 N–H and O–H groups in total. The molecule has 21 heavy (non-hydrogen) atoms. The highest BCUT2D eigenvalue weighted by molar-refractivity contribution is 5.97. The second kappa shape index (κ2) is 6.89. The van der Waals surface area contributed by atoms with Gasteiger partial charge in [0.25, 0.3) is 0 Å². The average Bonchev–Trinajstić information content (AvgIpc) is 2.42. The van der Waals surface area contributed by atoms with Gasteiger partial charge in [-0.15, -0.1) is 0 Å². The van der Waals surface area contributed by atoms with Gasteiger partial charge in [0, 0.05) is 5.56 Å². The van der Waals surface area contributed by atoms with E-state index in [0.717, 1.165) is 12.8 Å². The molecule has 2 unspecified atom stereocenters. The maximum absolute atomic E-state index is 13.6. The summed E-state index contributed by atoms with van der Waals surface area (Å²) >= 11 is 0. The van der Waals surface area contributed by atoms with Crippen molar-refractivity contribution in [2.75, 3.05) is 0 Å². The Morgan fingerprint density at radius 2 is 1.95 bits per heavy atom. The molecule has 1 aliphatic rings. The van der Waals surface area contributed by atoms with Crippen molar-refractivity contribution in [1.29, 1.82) is 0 Å². The van der Waals surface area contributed by atoms with E-state index < -0.39 is 5.82 Å². The minimum absolute atomic E-state index is 0.101. The summed E-state index contributed by atoms with van der Waals surface area (Å²) in [5.41, 5.74) is 6.56. The molecular weight excluding hydrogens is 271 g/mol. The van der Waals surface area contributed by atoms with Crippen LogP contribution in [0.25, 0.3) is 0 Å². The molecule has 116 valence electrons. The molecule has 1 fully saturated rings. The summed E-state index contributed by atoms with van der Waals surface area (Å²) in [6, 6.07) is 4.35. The highest BCUT2D eigenvalue weighted by Crippen LogP contribution is 2.30. The van der Waals surface area contributed by atoms with Crippen LogP contribution in [-0.2, 0) is 11.3 Å². The maximum Gasteiger partial charge on any atom is 0.170 e. The van der Waals surface area contributed by atoms with Crippen LogP contribution in [0.5, 0.6) is 0 Å². The highest BCUT2D eigenvalue weighted by Gasteiger charge is 2.24. The van der Waals surface area contributed by atoms with E-state index in [-0.39, 0.29) is 11.9 Å². The normalized spacial score (nSPS) is 26.8. The molecular formula is C16H23FN2O2. The zero-order chi connectivity index (χ0) is 15.4. The molecule has 1 aromatic carbocycles. The van der Waals surface area contributed by atoms with Crippen LogP contribution in [0.3, 0.4) is 0 Å². The van der Waals surface area contributed by atoms with Crippen LogP contribution in [-0.4, -0.2) is 17.1 Å². The van der Waals surface area contributed by atoms with E-state index in [1.54, 1.807) is 6.07 Å². The van der Waals surface area contributed by atoms with Crippen LogP contribution in [0.15, 0.2) is 23.4 Å². The number of hydrogen-bond acceptors (Lipinski definition) is 3. The molecule has 0 saturated heterocycles. The van der Waals surface area contributed by atoms with Crippen molar-refractivity contribution in [3.05, 3.63) is 35.1 Å². The maximum atomic E-state index is 13.6. The number of halogens is 1. The molecule has 0 heterocycles. The van der Waals surface area contributed by atoms with Gasteiger partial charge in [-0.05, 0) is 54.9 Å². The number of amidine groups is 1. The van der Waals surface area contributed by atoms with Crippen molar-refractivity contribution in [3.8, 4) is 0 Å². The summed E-state index contributed by atoms with van der Waals surface area (Å²) in [5.74, 6) is 0.816. The van der Waals surface area contributed by atoms with Gasteiger partial charge in [0.2, 0.25) is 0 Å². The first-order valence-electron chi connectivity index (χ1n) is 7.37. The number of benzene rings is 1. The molecule has 0 aliphatic heterocycles. The number of oxime groups is 1. The van der Waals surface area contributed by atoms with Crippen LogP contribution in [0.2, 0.25) is 0 Å². The SMILES string of the molecule is CC1CC(C)CC(OCc2cc(F)cc(/C(N)=N/O)c2)C1. The predicted molar refractivity (Wildman–Crippen MR) is 79.7 cm³/mol. The topological polar surface area (TPSA) is 67.8 Å². The molecule has 2 rings (SSSR count). The highest BCUT2D eigenvalue weighted by atomic mass is 19.1. The minimum Gasteiger partial charge on any atom is -0.409 e. The Bertz CT molecular complexity index is 509. The van der Waals surface area contributed by atoms with Gasteiger partial charge >= 0.3 is 0 Å². The summed E-state index contributed by atoms with van der Waals surface area (Å²) in [5, 5.41) is 11.6. The Labute approximate surface area is 124 Å². The van der Waals surface area contributed by atoms with Gasteiger partial charge in [-0.3, -0.25) is 0 Å². The number of nitrogens with two attached hydrogens (primary N) is 1. The summed E-state index contributed by atoms with van der Waals surface area (Å²) in [7, 11) is 0. The first-order valence-corrected chi connectivity index (χ1v) is 7.37. The summed E-state index contributed by atoms with van der Waals surface area (Å²) in [6.07, 6.45) is 3.56. The fourth-order valence-corrected chi connectivity index (χ4v) is 3.16. The van der Waals surface area contributed by atoms with Crippen molar-refractivity contribution in [1.82, 2.24) is 0 Å². The van der Waals surface area contributed by atoms with Crippen LogP contribution in [0, 0.1) is 17.7 Å². The van der Waals surface area contributed by atoms with E-state index in [1.165, 1.54) is 18.6 Å². The van der Waals surface area contributed by atoms with Gasteiger partial charge in [-0.25, -0.2) is 4.39 Å². The predicted octanol–water partition coefficient (Wildman–Crippen LogP) is 3.26. The molecule has 4 nitrogen and oxygen atoms in total. The Morgan fingerprint density at radius 3 is 2.57 bits per heavy atom. The molecule has 0 bridgehead atoms. The van der Waals surface area contributed by atoms with Crippen LogP contribution < -0.4 is 5.73 Å². The largest absolute Gasteiger partial charge is 0.409 e. The molecule has 0 radical (unpaired) electrons. The first-order chi connectivity index (χ1) is 9.97. The van der Waals surface area contributed by atoms with E-state index in [2.05, 4.69) is 19.0 Å². The number of nitrogens with zero attached hydrogens (tertiary/aromatic N) is 1. The van der Waals surface area contributed by atoms with E-state index in [9.17, 15) is 4.39 Å². The Kier molecular flexibility index (Phi) is 5.17. The lowest BCUT2D eigenvalue weighted by Crippen LogP contribution is -2.26. The van der Waals surface area contributed by atoms with E-state index >= 15 is 0 Å². The second-order valence-electron chi connectivity index (χ2n) is 6.18. The molecule has 1 saturated carbocycles. The number of ether oxygens (including phenoxy) is 1. The first kappa shape index (κ1) is 15.8. The standard InChI is InChI=1S/C16H23FN2O2/c1-10-3-11(2)5-15(4-10)21-9-12-6-13(16(18)19-20)8-14(17)7-12/h6-8,10-11,15,20H,3-5,9H2,1-2H3,(H2,18,19). The summed E-state index contributed by atoms with van der Waals surface area (Å²) in [4.78, 5) is 0. The molecule has 1 aliphatic carbocycles. The molecule has 1 aromatic rings. The molecule has 5 heteroatoms. The molecule has 0 aromatic heterocycles. The van der Waals surface area contributed by atoms with Crippen LogP contribution in [0.1, 0.15) is 44.2 Å². The van der Waals surface area contributed by atoms with Gasteiger partial charge in [-0.2, -0.15) is 0 Å². The quantitative estimate of drug-likeness (QED) is 0.387. The van der Waals surface area contributed by atoms with Crippen molar-refractivity contribution in [2.45, 2.75) is 45.8 Å². The molecule has 0 amide bonds. The van der Waals surface area contributed by atoms with Crippen LogP contribution in [0.4, 0.5) is 4.39 Å². The summed E-state index contributed by atoms with van der Waals surface area (Å²) in [6.45, 7) is 4.82. The van der Waals surface area contributed by atoms with E-state index in [1.807, 2.05) is 0 Å². The minimum atomic E-state index is -0.414. The lowest BCUT2D eigenvalue weighted by Gasteiger charge is -2.31. The van der Waals surface area contributed by atoms with Crippen molar-refractivity contribution in [3.63, 3.8) is 0 Å². The lowest BCUT2D eigenvalue weighted by molar-refractivity contribution is -0.00924. The fourth-order valence-electron chi connectivity index (χ4n) is 3.16. The Balaban J connectivity index is 2.01. The van der Waals surface area contributed by atoms with Crippen molar-refractivity contribution in [2.24, 2.45) is 22.7 Å². The second-order valence-corrected chi connectivity index (χ2v) is 6.18. The fraction of sp³-hybridized carbons (Fsp3) is 0.562. The number of hydrogen-bond donors (Lipinski definition) is 2. The zero-order valence-electron chi connectivity index (χ0n) is 12.6. The monoisotopic (exact) mass is 294 g/mol. The third-order valence-electron chi connectivity index (χ3n) is 3.98. The average molecular weight is 294 g/mol. The van der Waals surface area contributed by atoms with Gasteiger partial charge in [0.1, 0.15) is 5.82 Å². The Morgan fingerprint density at radius 1 is 1.29 bits per heavy atom.